The highest BCUT2D eigenvalue weighted by Crippen LogP contribution is 2.17. The number of fused-ring (bicyclic) bond motifs is 1. The molecule has 0 radical (unpaired) electrons. The van der Waals surface area contributed by atoms with Crippen molar-refractivity contribution in [1.29, 1.82) is 0 Å². The van der Waals surface area contributed by atoms with Crippen LogP contribution < -0.4 is 5.32 Å². The van der Waals surface area contributed by atoms with Crippen molar-refractivity contribution >= 4 is 27.3 Å². The summed E-state index contributed by atoms with van der Waals surface area (Å²) >= 11 is 3.31. The predicted octanol–water partition coefficient (Wildman–Crippen LogP) is 1.53. The van der Waals surface area contributed by atoms with Crippen LogP contribution in [-0.4, -0.2) is 21.6 Å². The SMILES string of the molecule is CNc1cc(Br)nn2ccnc12. The number of nitrogens with one attached hydrogen (secondary N) is 1. The van der Waals surface area contributed by atoms with E-state index in [1.54, 1.807) is 16.9 Å². The van der Waals surface area contributed by atoms with Crippen molar-refractivity contribution in [1.82, 2.24) is 14.6 Å². The number of hydrogen-bond acceptors (Lipinski definition) is 3. The fourth-order valence-electron chi connectivity index (χ4n) is 1.07. The van der Waals surface area contributed by atoms with Crippen LogP contribution in [0.1, 0.15) is 0 Å². The van der Waals surface area contributed by atoms with Gasteiger partial charge in [-0.05, 0) is 22.0 Å². The molecule has 0 aliphatic heterocycles. The number of anilines is 1. The lowest BCUT2D eigenvalue weighted by atomic mass is 10.4. The fraction of sp³-hybridized carbons (Fsp3) is 0.143. The van der Waals surface area contributed by atoms with Gasteiger partial charge in [0.15, 0.2) is 5.65 Å². The second-order valence-electron chi connectivity index (χ2n) is 2.33. The molecule has 62 valence electrons. The van der Waals surface area contributed by atoms with E-state index in [1.807, 2.05) is 13.1 Å². The van der Waals surface area contributed by atoms with Crippen molar-refractivity contribution in [2.24, 2.45) is 0 Å². The minimum absolute atomic E-state index is 0.789. The van der Waals surface area contributed by atoms with E-state index in [1.165, 1.54) is 0 Å². The van der Waals surface area contributed by atoms with Gasteiger partial charge in [0.05, 0.1) is 5.69 Å². The first kappa shape index (κ1) is 7.54. The third-order valence-electron chi connectivity index (χ3n) is 1.60. The Kier molecular flexibility index (Phi) is 1.73. The van der Waals surface area contributed by atoms with Crippen molar-refractivity contribution in [2.45, 2.75) is 0 Å². The van der Waals surface area contributed by atoms with Crippen LogP contribution in [0.2, 0.25) is 0 Å². The molecule has 0 aliphatic rings. The van der Waals surface area contributed by atoms with Gasteiger partial charge in [0, 0.05) is 19.4 Å². The lowest BCUT2D eigenvalue weighted by Gasteiger charge is -2.01. The Morgan fingerprint density at radius 1 is 1.58 bits per heavy atom. The van der Waals surface area contributed by atoms with Crippen LogP contribution in [0.15, 0.2) is 23.1 Å². The monoisotopic (exact) mass is 226 g/mol. The number of imidazole rings is 1. The first-order chi connectivity index (χ1) is 5.81. The van der Waals surface area contributed by atoms with Crippen molar-refractivity contribution in [2.75, 3.05) is 12.4 Å². The third kappa shape index (κ3) is 1.06. The summed E-state index contributed by atoms with van der Waals surface area (Å²) in [6.45, 7) is 0. The Morgan fingerprint density at radius 3 is 3.17 bits per heavy atom. The zero-order valence-corrected chi connectivity index (χ0v) is 8.04. The molecule has 0 unspecified atom stereocenters. The van der Waals surface area contributed by atoms with E-state index in [-0.39, 0.29) is 0 Å². The van der Waals surface area contributed by atoms with Gasteiger partial charge >= 0.3 is 0 Å². The lowest BCUT2D eigenvalue weighted by molar-refractivity contribution is 0.917. The van der Waals surface area contributed by atoms with Crippen LogP contribution in [0.4, 0.5) is 5.69 Å². The zero-order valence-electron chi connectivity index (χ0n) is 6.45. The zero-order chi connectivity index (χ0) is 8.55. The quantitative estimate of drug-likeness (QED) is 0.803. The van der Waals surface area contributed by atoms with Gasteiger partial charge in [0.2, 0.25) is 0 Å². The van der Waals surface area contributed by atoms with E-state index in [2.05, 4.69) is 31.3 Å². The molecule has 0 atom stereocenters. The third-order valence-corrected chi connectivity index (χ3v) is 1.99. The summed E-state index contributed by atoms with van der Waals surface area (Å²) in [5, 5.41) is 7.22. The molecule has 0 saturated carbocycles. The standard InChI is InChI=1S/C7H7BrN4/c1-9-5-4-6(8)11-12-3-2-10-7(5)12/h2-4,9H,1H3. The summed E-state index contributed by atoms with van der Waals surface area (Å²) in [7, 11) is 1.86. The van der Waals surface area contributed by atoms with Gasteiger partial charge in [-0.2, -0.15) is 5.10 Å². The molecule has 0 fully saturated rings. The maximum absolute atomic E-state index is 4.18. The Labute approximate surface area is 77.7 Å². The molecule has 5 heteroatoms. The molecular weight excluding hydrogens is 220 g/mol. The summed E-state index contributed by atoms with van der Waals surface area (Å²) in [6.07, 6.45) is 3.52. The molecule has 12 heavy (non-hydrogen) atoms. The van der Waals surface area contributed by atoms with Gasteiger partial charge < -0.3 is 5.32 Å². The Morgan fingerprint density at radius 2 is 2.42 bits per heavy atom. The van der Waals surface area contributed by atoms with Crippen LogP contribution in [0.3, 0.4) is 0 Å². The Hall–Kier alpha value is -1.10. The minimum atomic E-state index is 0.789. The summed E-state index contributed by atoms with van der Waals surface area (Å²) in [5.74, 6) is 0. The number of rotatable bonds is 1. The molecular formula is C7H7BrN4. The van der Waals surface area contributed by atoms with Crippen LogP contribution in [0.25, 0.3) is 5.65 Å². The topological polar surface area (TPSA) is 42.2 Å². The van der Waals surface area contributed by atoms with Crippen molar-refractivity contribution in [3.05, 3.63) is 23.1 Å². The Bertz CT molecular complexity index is 409. The van der Waals surface area contributed by atoms with E-state index in [0.717, 1.165) is 15.9 Å². The molecule has 4 nitrogen and oxygen atoms in total. The van der Waals surface area contributed by atoms with Gasteiger partial charge in [-0.25, -0.2) is 9.50 Å². The molecule has 2 heterocycles. The van der Waals surface area contributed by atoms with E-state index < -0.39 is 0 Å². The molecule has 0 amide bonds. The molecule has 0 bridgehead atoms. The summed E-state index contributed by atoms with van der Waals surface area (Å²) < 4.78 is 2.51. The predicted molar refractivity (Wildman–Crippen MR) is 50.2 cm³/mol. The molecule has 0 aromatic carbocycles. The fourth-order valence-corrected chi connectivity index (χ4v) is 1.47. The minimum Gasteiger partial charge on any atom is -0.385 e. The molecule has 2 rings (SSSR count). The van der Waals surface area contributed by atoms with Gasteiger partial charge in [-0.15, -0.1) is 0 Å². The summed E-state index contributed by atoms with van der Waals surface area (Å²) in [4.78, 5) is 4.15. The van der Waals surface area contributed by atoms with Crippen LogP contribution in [-0.2, 0) is 0 Å². The molecule has 0 spiro atoms. The molecule has 0 saturated heterocycles. The molecule has 2 aromatic heterocycles. The van der Waals surface area contributed by atoms with Crippen LogP contribution >= 0.6 is 15.9 Å². The number of halogens is 1. The number of hydrogen-bond donors (Lipinski definition) is 1. The van der Waals surface area contributed by atoms with E-state index in [4.69, 9.17) is 0 Å². The average molecular weight is 227 g/mol. The maximum atomic E-state index is 4.18. The van der Waals surface area contributed by atoms with Crippen LogP contribution in [0.5, 0.6) is 0 Å². The van der Waals surface area contributed by atoms with Gasteiger partial charge in [0.1, 0.15) is 4.60 Å². The first-order valence-corrected chi connectivity index (χ1v) is 4.28. The Balaban J connectivity index is 2.80. The molecule has 2 aromatic rings. The van der Waals surface area contributed by atoms with Gasteiger partial charge in [-0.1, -0.05) is 0 Å². The highest BCUT2D eigenvalue weighted by molar-refractivity contribution is 9.10. The largest absolute Gasteiger partial charge is 0.385 e. The highest BCUT2D eigenvalue weighted by Gasteiger charge is 2.02. The van der Waals surface area contributed by atoms with E-state index in [9.17, 15) is 0 Å². The summed E-state index contributed by atoms with van der Waals surface area (Å²) in [6, 6.07) is 1.89. The number of aromatic nitrogens is 3. The summed E-state index contributed by atoms with van der Waals surface area (Å²) in [5.41, 5.74) is 1.79. The molecule has 0 aliphatic carbocycles. The second-order valence-corrected chi connectivity index (χ2v) is 3.14. The molecule has 1 N–H and O–H groups in total. The maximum Gasteiger partial charge on any atom is 0.176 e. The van der Waals surface area contributed by atoms with Crippen molar-refractivity contribution in [3.63, 3.8) is 0 Å². The number of nitrogens with zero attached hydrogens (tertiary/aromatic N) is 3. The second kappa shape index (κ2) is 2.75. The van der Waals surface area contributed by atoms with Gasteiger partial charge in [-0.3, -0.25) is 0 Å². The van der Waals surface area contributed by atoms with Crippen molar-refractivity contribution in [3.8, 4) is 0 Å². The smallest absolute Gasteiger partial charge is 0.176 e. The van der Waals surface area contributed by atoms with E-state index in [0.29, 0.717) is 0 Å². The lowest BCUT2D eigenvalue weighted by Crippen LogP contribution is -1.97. The average Bonchev–Trinajstić information content (AvgIpc) is 2.50. The van der Waals surface area contributed by atoms with Gasteiger partial charge in [0.25, 0.3) is 0 Å². The highest BCUT2D eigenvalue weighted by atomic mass is 79.9. The van der Waals surface area contributed by atoms with E-state index >= 15 is 0 Å². The van der Waals surface area contributed by atoms with Crippen molar-refractivity contribution < 1.29 is 0 Å². The normalized spacial score (nSPS) is 10.5. The van der Waals surface area contributed by atoms with Crippen LogP contribution in [0, 0.1) is 0 Å². The first-order valence-electron chi connectivity index (χ1n) is 3.49.